The minimum Gasteiger partial charge on any atom is -0.497 e. The second kappa shape index (κ2) is 7.80. The number of carbonyl (C=O) groups excluding carboxylic acids is 1. The molecule has 1 aliphatic heterocycles. The van der Waals surface area contributed by atoms with Crippen molar-refractivity contribution in [3.63, 3.8) is 0 Å². The van der Waals surface area contributed by atoms with Gasteiger partial charge in [0, 0.05) is 31.3 Å². The monoisotopic (exact) mass is 418 g/mol. The largest absolute Gasteiger partial charge is 0.497 e. The summed E-state index contributed by atoms with van der Waals surface area (Å²) in [6.45, 7) is 3.34. The number of hydrogen-bond donors (Lipinski definition) is 0. The van der Waals surface area contributed by atoms with E-state index < -0.39 is 0 Å². The number of ether oxygens (including phenoxy) is 1. The van der Waals surface area contributed by atoms with E-state index in [4.69, 9.17) is 9.26 Å². The van der Waals surface area contributed by atoms with Gasteiger partial charge in [0.25, 0.3) is 0 Å². The molecule has 7 nitrogen and oxygen atoms in total. The summed E-state index contributed by atoms with van der Waals surface area (Å²) in [7, 11) is 1.66. The molecule has 1 atom stereocenters. The maximum absolute atomic E-state index is 13.6. The first-order valence-electron chi connectivity index (χ1n) is 10.8. The summed E-state index contributed by atoms with van der Waals surface area (Å²) in [5.41, 5.74) is 3.31. The number of aryl methyl sites for hydroxylation is 1. The SMILES string of the molecule is COc1ccc(C2(C(=O)N3CCC[C@H](c4ncncc4-c4cc(C)no4)C3)CC2)cc1. The number of hydrogen-bond acceptors (Lipinski definition) is 6. The number of benzene rings is 1. The predicted octanol–water partition coefficient (Wildman–Crippen LogP) is 3.89. The van der Waals surface area contributed by atoms with Crippen LogP contribution in [0.3, 0.4) is 0 Å². The molecule has 31 heavy (non-hydrogen) atoms. The van der Waals surface area contributed by atoms with Gasteiger partial charge in [-0.05, 0) is 50.3 Å². The molecule has 5 rings (SSSR count). The Morgan fingerprint density at radius 3 is 2.74 bits per heavy atom. The maximum atomic E-state index is 13.6. The Balaban J connectivity index is 1.38. The van der Waals surface area contributed by atoms with Crippen molar-refractivity contribution in [3.8, 4) is 17.1 Å². The van der Waals surface area contributed by atoms with Crippen molar-refractivity contribution in [1.29, 1.82) is 0 Å². The number of likely N-dealkylation sites (tertiary alicyclic amines) is 1. The fourth-order valence-electron chi connectivity index (χ4n) is 4.69. The molecule has 7 heteroatoms. The zero-order valence-electron chi connectivity index (χ0n) is 17.9. The van der Waals surface area contributed by atoms with Gasteiger partial charge in [-0.1, -0.05) is 17.3 Å². The van der Waals surface area contributed by atoms with Gasteiger partial charge in [-0.3, -0.25) is 4.79 Å². The molecular formula is C24H26N4O3. The minimum absolute atomic E-state index is 0.146. The van der Waals surface area contributed by atoms with Crippen molar-refractivity contribution in [2.45, 2.75) is 43.9 Å². The Kier molecular flexibility index (Phi) is 4.96. The van der Waals surface area contributed by atoms with E-state index in [1.165, 1.54) is 0 Å². The molecule has 1 aliphatic carbocycles. The summed E-state index contributed by atoms with van der Waals surface area (Å²) >= 11 is 0. The Labute approximate surface area is 181 Å². The Morgan fingerprint density at radius 2 is 2.06 bits per heavy atom. The number of nitrogens with zero attached hydrogens (tertiary/aromatic N) is 4. The van der Waals surface area contributed by atoms with Crippen LogP contribution in [0.5, 0.6) is 5.75 Å². The lowest BCUT2D eigenvalue weighted by Crippen LogP contribution is -2.44. The van der Waals surface area contributed by atoms with Gasteiger partial charge in [-0.15, -0.1) is 0 Å². The smallest absolute Gasteiger partial charge is 0.233 e. The minimum atomic E-state index is -0.384. The standard InChI is InChI=1S/C24H26N4O3/c1-16-12-21(31-27-16)20-13-25-15-26-22(20)17-4-3-11-28(14-17)23(29)24(9-10-24)18-5-7-19(30-2)8-6-18/h5-8,12-13,15,17H,3-4,9-11,14H2,1-2H3/t17-/m0/s1. The van der Waals surface area contributed by atoms with E-state index in [1.807, 2.05) is 42.2 Å². The lowest BCUT2D eigenvalue weighted by Gasteiger charge is -2.35. The highest BCUT2D eigenvalue weighted by atomic mass is 16.5. The number of aromatic nitrogens is 3. The van der Waals surface area contributed by atoms with Gasteiger partial charge in [0.05, 0.1) is 29.5 Å². The molecule has 1 amide bonds. The van der Waals surface area contributed by atoms with Crippen LogP contribution in [0.15, 0.2) is 47.4 Å². The molecule has 1 saturated heterocycles. The van der Waals surface area contributed by atoms with Crippen LogP contribution in [0, 0.1) is 6.92 Å². The second-order valence-electron chi connectivity index (χ2n) is 8.56. The van der Waals surface area contributed by atoms with E-state index in [0.717, 1.165) is 60.5 Å². The zero-order chi connectivity index (χ0) is 21.4. The van der Waals surface area contributed by atoms with Gasteiger partial charge in [0.15, 0.2) is 5.76 Å². The molecule has 2 aromatic heterocycles. The van der Waals surface area contributed by atoms with E-state index in [1.54, 1.807) is 19.6 Å². The van der Waals surface area contributed by atoms with Crippen LogP contribution in [0.25, 0.3) is 11.3 Å². The summed E-state index contributed by atoms with van der Waals surface area (Å²) < 4.78 is 10.7. The molecule has 3 aromatic rings. The summed E-state index contributed by atoms with van der Waals surface area (Å²) in [5.74, 6) is 1.86. The van der Waals surface area contributed by atoms with Crippen LogP contribution in [0.1, 0.15) is 48.6 Å². The molecule has 0 unspecified atom stereocenters. The molecule has 0 bridgehead atoms. The van der Waals surface area contributed by atoms with E-state index in [2.05, 4.69) is 15.1 Å². The fourth-order valence-corrected chi connectivity index (χ4v) is 4.69. The topological polar surface area (TPSA) is 81.4 Å². The van der Waals surface area contributed by atoms with Crippen LogP contribution in [-0.4, -0.2) is 46.1 Å². The highest BCUT2D eigenvalue weighted by Gasteiger charge is 2.53. The molecule has 0 N–H and O–H groups in total. The summed E-state index contributed by atoms with van der Waals surface area (Å²) in [6, 6.07) is 9.83. The van der Waals surface area contributed by atoms with Crippen molar-refractivity contribution in [2.75, 3.05) is 20.2 Å². The van der Waals surface area contributed by atoms with Crippen molar-refractivity contribution >= 4 is 5.91 Å². The lowest BCUT2D eigenvalue weighted by atomic mass is 9.88. The Hall–Kier alpha value is -3.22. The van der Waals surface area contributed by atoms with E-state index in [0.29, 0.717) is 12.3 Å². The van der Waals surface area contributed by atoms with Gasteiger partial charge in [0.2, 0.25) is 5.91 Å². The average Bonchev–Trinajstić information content (AvgIpc) is 3.53. The molecule has 3 heterocycles. The summed E-state index contributed by atoms with van der Waals surface area (Å²) in [6.07, 6.45) is 7.08. The van der Waals surface area contributed by atoms with Crippen LogP contribution in [-0.2, 0) is 10.2 Å². The molecule has 160 valence electrons. The highest BCUT2D eigenvalue weighted by molar-refractivity contribution is 5.91. The summed E-state index contributed by atoms with van der Waals surface area (Å²) in [4.78, 5) is 24.4. The number of piperidine rings is 1. The van der Waals surface area contributed by atoms with Gasteiger partial charge in [0.1, 0.15) is 12.1 Å². The first kappa shape index (κ1) is 19.7. The predicted molar refractivity (Wildman–Crippen MR) is 115 cm³/mol. The first-order chi connectivity index (χ1) is 15.1. The van der Waals surface area contributed by atoms with Crippen LogP contribution < -0.4 is 4.74 Å². The maximum Gasteiger partial charge on any atom is 0.233 e. The van der Waals surface area contributed by atoms with E-state index in [9.17, 15) is 4.79 Å². The number of rotatable bonds is 5. The van der Waals surface area contributed by atoms with Gasteiger partial charge in [-0.2, -0.15) is 0 Å². The average molecular weight is 418 g/mol. The third-order valence-corrected chi connectivity index (χ3v) is 6.53. The molecule has 1 saturated carbocycles. The third-order valence-electron chi connectivity index (χ3n) is 6.53. The van der Waals surface area contributed by atoms with Crippen LogP contribution >= 0.6 is 0 Å². The van der Waals surface area contributed by atoms with Crippen molar-refractivity contribution in [1.82, 2.24) is 20.0 Å². The number of amides is 1. The zero-order valence-corrected chi connectivity index (χ0v) is 17.9. The van der Waals surface area contributed by atoms with Gasteiger partial charge in [-0.25, -0.2) is 9.97 Å². The van der Waals surface area contributed by atoms with Crippen LogP contribution in [0.4, 0.5) is 0 Å². The third kappa shape index (κ3) is 3.58. The summed E-state index contributed by atoms with van der Waals surface area (Å²) in [5, 5.41) is 4.00. The quantitative estimate of drug-likeness (QED) is 0.625. The van der Waals surface area contributed by atoms with Crippen molar-refractivity contribution in [3.05, 3.63) is 59.8 Å². The second-order valence-corrected chi connectivity index (χ2v) is 8.56. The van der Waals surface area contributed by atoms with Gasteiger partial charge >= 0.3 is 0 Å². The molecule has 0 spiro atoms. The van der Waals surface area contributed by atoms with Crippen LogP contribution in [0.2, 0.25) is 0 Å². The molecular weight excluding hydrogens is 392 g/mol. The molecule has 2 aliphatic rings. The normalized spacial score (nSPS) is 19.8. The number of methoxy groups -OCH3 is 1. The fraction of sp³-hybridized carbons (Fsp3) is 0.417. The number of carbonyl (C=O) groups is 1. The lowest BCUT2D eigenvalue weighted by molar-refractivity contribution is -0.135. The highest BCUT2D eigenvalue weighted by Crippen LogP contribution is 2.50. The van der Waals surface area contributed by atoms with E-state index in [-0.39, 0.29) is 17.2 Å². The van der Waals surface area contributed by atoms with Gasteiger partial charge < -0.3 is 14.2 Å². The van der Waals surface area contributed by atoms with Crippen molar-refractivity contribution < 1.29 is 14.1 Å². The van der Waals surface area contributed by atoms with Crippen molar-refractivity contribution in [2.24, 2.45) is 0 Å². The van der Waals surface area contributed by atoms with E-state index >= 15 is 0 Å². The molecule has 1 aromatic carbocycles. The Morgan fingerprint density at radius 1 is 1.26 bits per heavy atom. The molecule has 2 fully saturated rings. The molecule has 0 radical (unpaired) electrons. The first-order valence-corrected chi connectivity index (χ1v) is 10.8. The Bertz CT molecular complexity index is 1090.